The number of ether oxygens (including phenoxy) is 1. The number of rotatable bonds is 5. The summed E-state index contributed by atoms with van der Waals surface area (Å²) in [6, 6.07) is 14.9. The van der Waals surface area contributed by atoms with Crippen molar-refractivity contribution in [2.24, 2.45) is 5.92 Å². The van der Waals surface area contributed by atoms with Gasteiger partial charge in [0, 0.05) is 17.7 Å². The maximum absolute atomic E-state index is 12.7. The van der Waals surface area contributed by atoms with E-state index in [1.54, 1.807) is 24.4 Å². The van der Waals surface area contributed by atoms with Crippen molar-refractivity contribution in [1.82, 2.24) is 9.61 Å². The van der Waals surface area contributed by atoms with E-state index < -0.39 is 8.32 Å². The van der Waals surface area contributed by atoms with Crippen LogP contribution >= 0.6 is 0 Å². The summed E-state index contributed by atoms with van der Waals surface area (Å²) < 4.78 is 14.9. The van der Waals surface area contributed by atoms with Crippen LogP contribution in [-0.2, 0) is 9.16 Å². The normalized spacial score (nSPS) is 21.3. The number of fused-ring (bicyclic) bond motifs is 1. The van der Waals surface area contributed by atoms with E-state index >= 15 is 0 Å². The van der Waals surface area contributed by atoms with Gasteiger partial charge < -0.3 is 14.5 Å². The molecule has 174 valence electrons. The van der Waals surface area contributed by atoms with Gasteiger partial charge in [0.2, 0.25) is 0 Å². The van der Waals surface area contributed by atoms with E-state index in [1.807, 2.05) is 34.8 Å². The molecule has 0 unspecified atom stereocenters. The zero-order chi connectivity index (χ0) is 24.0. The average molecular weight is 464 g/mol. The Hall–Kier alpha value is -2.90. The van der Waals surface area contributed by atoms with E-state index in [4.69, 9.17) is 9.16 Å². The lowest BCUT2D eigenvalue weighted by atomic mass is 10.0. The van der Waals surface area contributed by atoms with Crippen LogP contribution in [0.5, 0.6) is 0 Å². The highest BCUT2D eigenvalue weighted by Crippen LogP contribution is 2.46. The molecule has 1 fully saturated rings. The maximum atomic E-state index is 12.7. The Labute approximate surface area is 196 Å². The van der Waals surface area contributed by atoms with Gasteiger partial charge in [0.1, 0.15) is 0 Å². The minimum atomic E-state index is -2.04. The standard InChI is InChI=1S/C26H33N3O3Si/c1-17-18(2)31-24(23(17)32-33(6,7)26(3,4)5)22-14-13-21-20(15-16-27-29(21)22)28-25(30)19-11-9-8-10-12-19/h8-17,23-24H,2H2,1,3-7H3,(H,28,30)/t17-,23-,24+/m1/s1. The molecule has 0 radical (unpaired) electrons. The molecule has 1 aliphatic rings. The second-order valence-electron chi connectivity index (χ2n) is 10.3. The van der Waals surface area contributed by atoms with Crippen LogP contribution in [0.15, 0.2) is 67.1 Å². The fourth-order valence-electron chi connectivity index (χ4n) is 3.83. The predicted molar refractivity (Wildman–Crippen MR) is 134 cm³/mol. The molecule has 1 aliphatic heterocycles. The zero-order valence-corrected chi connectivity index (χ0v) is 21.3. The minimum Gasteiger partial charge on any atom is -0.486 e. The summed E-state index contributed by atoms with van der Waals surface area (Å²) in [5.41, 5.74) is 2.98. The number of aromatic nitrogens is 2. The maximum Gasteiger partial charge on any atom is 0.255 e. The number of nitrogens with one attached hydrogen (secondary N) is 1. The van der Waals surface area contributed by atoms with Crippen molar-refractivity contribution >= 4 is 25.4 Å². The Morgan fingerprint density at radius 1 is 1.15 bits per heavy atom. The first-order chi connectivity index (χ1) is 15.5. The second-order valence-corrected chi connectivity index (χ2v) is 15.0. The van der Waals surface area contributed by atoms with Gasteiger partial charge in [0.25, 0.3) is 5.91 Å². The molecule has 0 aliphatic carbocycles. The number of carbonyl (C=O) groups excluding carboxylic acids is 1. The summed E-state index contributed by atoms with van der Waals surface area (Å²) in [7, 11) is -2.04. The van der Waals surface area contributed by atoms with Crippen LogP contribution in [0.2, 0.25) is 18.1 Å². The third-order valence-electron chi connectivity index (χ3n) is 6.97. The minimum absolute atomic E-state index is 0.0654. The number of nitrogens with zero attached hydrogens (tertiary/aromatic N) is 2. The van der Waals surface area contributed by atoms with Crippen molar-refractivity contribution in [1.29, 1.82) is 0 Å². The summed E-state index contributed by atoms with van der Waals surface area (Å²) in [5.74, 6) is 0.632. The molecule has 1 N–H and O–H groups in total. The van der Waals surface area contributed by atoms with Gasteiger partial charge in [-0.05, 0) is 48.5 Å². The average Bonchev–Trinajstić information content (AvgIpc) is 3.30. The van der Waals surface area contributed by atoms with E-state index in [-0.39, 0.29) is 29.1 Å². The van der Waals surface area contributed by atoms with Crippen molar-refractivity contribution < 1.29 is 14.0 Å². The number of amides is 1. The summed E-state index contributed by atoms with van der Waals surface area (Å²) >= 11 is 0. The molecule has 3 aromatic rings. The number of hydrogen-bond donors (Lipinski definition) is 1. The van der Waals surface area contributed by atoms with Crippen molar-refractivity contribution in [2.45, 2.75) is 58.0 Å². The number of benzene rings is 1. The zero-order valence-electron chi connectivity index (χ0n) is 20.3. The Morgan fingerprint density at radius 2 is 1.85 bits per heavy atom. The highest BCUT2D eigenvalue weighted by atomic mass is 28.4. The lowest BCUT2D eigenvalue weighted by Crippen LogP contribution is -2.46. The molecule has 33 heavy (non-hydrogen) atoms. The number of carbonyl (C=O) groups is 1. The van der Waals surface area contributed by atoms with Gasteiger partial charge >= 0.3 is 0 Å². The molecule has 0 spiro atoms. The van der Waals surface area contributed by atoms with E-state index in [1.165, 1.54) is 0 Å². The SMILES string of the molecule is C=C1O[C@@H](c2ccc3c(NC(=O)c4ccccc4)ccnn23)[C@H](O[Si](C)(C)C(C)(C)C)[C@@H]1C. The largest absolute Gasteiger partial charge is 0.486 e. The Bertz CT molecular complexity index is 1180. The first kappa shape index (κ1) is 23.3. The van der Waals surface area contributed by atoms with Gasteiger partial charge in [-0.15, -0.1) is 0 Å². The van der Waals surface area contributed by atoms with Gasteiger partial charge in [-0.25, -0.2) is 4.52 Å². The smallest absolute Gasteiger partial charge is 0.255 e. The van der Waals surface area contributed by atoms with Crippen LogP contribution in [-0.4, -0.2) is 29.9 Å². The number of hydrogen-bond acceptors (Lipinski definition) is 4. The van der Waals surface area contributed by atoms with Gasteiger partial charge in [-0.2, -0.15) is 5.10 Å². The molecule has 1 aromatic carbocycles. The second kappa shape index (κ2) is 8.46. The fraction of sp³-hybridized carbons (Fsp3) is 0.385. The van der Waals surface area contributed by atoms with E-state index in [0.717, 1.165) is 17.0 Å². The fourth-order valence-corrected chi connectivity index (χ4v) is 5.20. The monoisotopic (exact) mass is 463 g/mol. The molecular weight excluding hydrogens is 430 g/mol. The van der Waals surface area contributed by atoms with E-state index in [9.17, 15) is 4.79 Å². The topological polar surface area (TPSA) is 64.9 Å². The van der Waals surface area contributed by atoms with Gasteiger partial charge in [-0.1, -0.05) is 52.5 Å². The van der Waals surface area contributed by atoms with Crippen LogP contribution in [0, 0.1) is 5.92 Å². The van der Waals surface area contributed by atoms with Crippen molar-refractivity contribution in [3.8, 4) is 0 Å². The summed E-state index contributed by atoms with van der Waals surface area (Å²) in [5, 5.41) is 7.66. The molecule has 6 nitrogen and oxygen atoms in total. The van der Waals surface area contributed by atoms with Gasteiger partial charge in [0.05, 0.1) is 28.8 Å². The van der Waals surface area contributed by atoms with Crippen molar-refractivity contribution in [2.75, 3.05) is 5.32 Å². The predicted octanol–water partition coefficient (Wildman–Crippen LogP) is 6.20. The van der Waals surface area contributed by atoms with E-state index in [0.29, 0.717) is 11.3 Å². The summed E-state index contributed by atoms with van der Waals surface area (Å²) in [6.07, 6.45) is 1.21. The van der Waals surface area contributed by atoms with Crippen LogP contribution in [0.3, 0.4) is 0 Å². The molecule has 1 amide bonds. The van der Waals surface area contributed by atoms with Crippen LogP contribution in [0.25, 0.3) is 5.52 Å². The Morgan fingerprint density at radius 3 is 2.52 bits per heavy atom. The molecule has 2 aromatic heterocycles. The van der Waals surface area contributed by atoms with Crippen LogP contribution < -0.4 is 5.32 Å². The molecule has 4 rings (SSSR count). The molecule has 0 bridgehead atoms. The lowest BCUT2D eigenvalue weighted by Gasteiger charge is -2.39. The molecular formula is C26H33N3O3Si. The number of anilines is 1. The van der Waals surface area contributed by atoms with Crippen LogP contribution in [0.1, 0.15) is 49.9 Å². The lowest BCUT2D eigenvalue weighted by molar-refractivity contribution is 0.0547. The molecule has 1 saturated heterocycles. The highest BCUT2D eigenvalue weighted by molar-refractivity contribution is 6.74. The Balaban J connectivity index is 1.67. The first-order valence-corrected chi connectivity index (χ1v) is 14.3. The Kier molecular flexibility index (Phi) is 5.97. The molecule has 7 heteroatoms. The third-order valence-corrected chi connectivity index (χ3v) is 11.4. The molecule has 3 atom stereocenters. The van der Waals surface area contributed by atoms with Gasteiger partial charge in [0.15, 0.2) is 14.4 Å². The summed E-state index contributed by atoms with van der Waals surface area (Å²) in [6.45, 7) is 17.5. The van der Waals surface area contributed by atoms with Gasteiger partial charge in [-0.3, -0.25) is 4.79 Å². The first-order valence-electron chi connectivity index (χ1n) is 11.4. The molecule has 3 heterocycles. The quantitative estimate of drug-likeness (QED) is 0.458. The summed E-state index contributed by atoms with van der Waals surface area (Å²) in [4.78, 5) is 12.7. The van der Waals surface area contributed by atoms with E-state index in [2.05, 4.69) is 57.8 Å². The highest BCUT2D eigenvalue weighted by Gasteiger charge is 2.47. The molecule has 0 saturated carbocycles. The van der Waals surface area contributed by atoms with Crippen molar-refractivity contribution in [3.63, 3.8) is 0 Å². The van der Waals surface area contributed by atoms with Crippen LogP contribution in [0.4, 0.5) is 5.69 Å². The third kappa shape index (κ3) is 4.35. The van der Waals surface area contributed by atoms with Crippen molar-refractivity contribution in [3.05, 3.63) is 78.3 Å².